The second-order valence-corrected chi connectivity index (χ2v) is 8.24. The molecule has 0 saturated carbocycles. The normalized spacial score (nSPS) is 17.0. The monoisotopic (exact) mass is 414 g/mol. The highest BCUT2D eigenvalue weighted by Gasteiger charge is 2.31. The van der Waals surface area contributed by atoms with Gasteiger partial charge < -0.3 is 4.90 Å². The first-order valence-electron chi connectivity index (χ1n) is 10.9. The highest BCUT2D eigenvalue weighted by atomic mass is 16.2. The molecule has 1 saturated heterocycles. The van der Waals surface area contributed by atoms with E-state index in [0.717, 1.165) is 66.8 Å². The molecule has 0 N–H and O–H groups in total. The molecule has 158 valence electrons. The number of amides is 1. The Bertz CT molecular complexity index is 1060. The third-order valence-corrected chi connectivity index (χ3v) is 6.23. The summed E-state index contributed by atoms with van der Waals surface area (Å²) < 4.78 is 0. The Labute approximate surface area is 182 Å². The highest BCUT2D eigenvalue weighted by Crippen LogP contribution is 2.33. The van der Waals surface area contributed by atoms with Gasteiger partial charge in [0, 0.05) is 49.1 Å². The van der Waals surface area contributed by atoms with Gasteiger partial charge in [0.2, 0.25) is 11.9 Å². The second kappa shape index (κ2) is 8.41. The van der Waals surface area contributed by atoms with Crippen LogP contribution in [0.15, 0.2) is 48.8 Å². The molecule has 1 fully saturated rings. The molecule has 0 atom stereocenters. The Balaban J connectivity index is 1.39. The number of carbonyl (C=O) groups excluding carboxylic acids is 1. The summed E-state index contributed by atoms with van der Waals surface area (Å²) in [5.74, 6) is 2.85. The zero-order chi connectivity index (χ0) is 21.2. The zero-order valence-corrected chi connectivity index (χ0v) is 17.7. The number of fused-ring (bicyclic) bond motifs is 1. The minimum Gasteiger partial charge on any atom is -0.341 e. The molecule has 1 amide bonds. The average Bonchev–Trinajstić information content (AvgIpc) is 2.82. The van der Waals surface area contributed by atoms with Gasteiger partial charge in [-0.25, -0.2) is 19.9 Å². The molecule has 0 bridgehead atoms. The molecular weight excluding hydrogens is 388 g/mol. The Morgan fingerprint density at radius 1 is 0.968 bits per heavy atom. The van der Waals surface area contributed by atoms with Gasteiger partial charge in [-0.15, -0.1) is 0 Å². The van der Waals surface area contributed by atoms with Crippen LogP contribution in [0.2, 0.25) is 0 Å². The molecule has 7 nitrogen and oxygen atoms in total. The van der Waals surface area contributed by atoms with E-state index >= 15 is 0 Å². The van der Waals surface area contributed by atoms with E-state index in [1.165, 1.54) is 0 Å². The lowest BCUT2D eigenvalue weighted by atomic mass is 9.95. The predicted molar refractivity (Wildman–Crippen MR) is 119 cm³/mol. The van der Waals surface area contributed by atoms with E-state index in [2.05, 4.69) is 27.0 Å². The summed E-state index contributed by atoms with van der Waals surface area (Å²) >= 11 is 0. The van der Waals surface area contributed by atoms with Crippen molar-refractivity contribution in [3.8, 4) is 0 Å². The Morgan fingerprint density at radius 2 is 1.71 bits per heavy atom. The van der Waals surface area contributed by atoms with Crippen molar-refractivity contribution in [1.29, 1.82) is 0 Å². The molecule has 0 spiro atoms. The summed E-state index contributed by atoms with van der Waals surface area (Å²) in [6.45, 7) is 4.35. The minimum atomic E-state index is 0.136. The molecule has 5 rings (SSSR count). The fraction of sp³-hybridized carbons (Fsp3) is 0.375. The van der Waals surface area contributed by atoms with Crippen molar-refractivity contribution < 1.29 is 4.79 Å². The number of rotatable bonds is 4. The number of benzene rings is 1. The van der Waals surface area contributed by atoms with Crippen LogP contribution >= 0.6 is 0 Å². The predicted octanol–water partition coefficient (Wildman–Crippen LogP) is 3.44. The molecule has 2 aliphatic heterocycles. The molecule has 1 aromatic carbocycles. The maximum absolute atomic E-state index is 12.8. The summed E-state index contributed by atoms with van der Waals surface area (Å²) in [5, 5.41) is 0. The first-order chi connectivity index (χ1) is 15.2. The van der Waals surface area contributed by atoms with Crippen LogP contribution in [0.1, 0.15) is 47.8 Å². The second-order valence-electron chi connectivity index (χ2n) is 8.24. The van der Waals surface area contributed by atoms with Crippen molar-refractivity contribution in [1.82, 2.24) is 19.9 Å². The van der Waals surface area contributed by atoms with Gasteiger partial charge in [0.1, 0.15) is 11.6 Å². The van der Waals surface area contributed by atoms with E-state index in [4.69, 9.17) is 9.97 Å². The number of hydrogen-bond donors (Lipinski definition) is 0. The minimum absolute atomic E-state index is 0.136. The third-order valence-electron chi connectivity index (χ3n) is 6.23. The number of hydrogen-bond acceptors (Lipinski definition) is 6. The SMILES string of the molecule is Cc1nc(C2CCN(c3ncccn3)CC2)nc2c1CCC(=O)N2Cc1ccccc1. The van der Waals surface area contributed by atoms with E-state index in [1.807, 2.05) is 36.1 Å². The Hall–Kier alpha value is -3.35. The van der Waals surface area contributed by atoms with Gasteiger partial charge in [0.15, 0.2) is 0 Å². The lowest BCUT2D eigenvalue weighted by Gasteiger charge is -2.33. The van der Waals surface area contributed by atoms with Crippen molar-refractivity contribution in [3.63, 3.8) is 0 Å². The number of piperidine rings is 1. The molecule has 2 aliphatic rings. The Morgan fingerprint density at radius 3 is 2.45 bits per heavy atom. The summed E-state index contributed by atoms with van der Waals surface area (Å²) in [6.07, 6.45) is 6.69. The zero-order valence-electron chi connectivity index (χ0n) is 17.7. The van der Waals surface area contributed by atoms with Crippen LogP contribution in [0.4, 0.5) is 11.8 Å². The molecule has 0 unspecified atom stereocenters. The van der Waals surface area contributed by atoms with E-state index < -0.39 is 0 Å². The summed E-state index contributed by atoms with van der Waals surface area (Å²) in [7, 11) is 0. The lowest BCUT2D eigenvalue weighted by Crippen LogP contribution is -2.37. The number of nitrogens with zero attached hydrogens (tertiary/aromatic N) is 6. The van der Waals surface area contributed by atoms with Crippen LogP contribution in [0.3, 0.4) is 0 Å². The largest absolute Gasteiger partial charge is 0.341 e. The first kappa shape index (κ1) is 19.6. The molecule has 0 radical (unpaired) electrons. The number of anilines is 2. The van der Waals surface area contributed by atoms with Crippen LogP contribution in [0, 0.1) is 6.92 Å². The molecule has 0 aliphatic carbocycles. The van der Waals surface area contributed by atoms with Crippen LogP contribution in [-0.4, -0.2) is 38.9 Å². The lowest BCUT2D eigenvalue weighted by molar-refractivity contribution is -0.119. The summed E-state index contributed by atoms with van der Waals surface area (Å²) in [6, 6.07) is 11.9. The van der Waals surface area contributed by atoms with Crippen LogP contribution in [0.5, 0.6) is 0 Å². The van der Waals surface area contributed by atoms with Gasteiger partial charge in [0.25, 0.3) is 0 Å². The quantitative estimate of drug-likeness (QED) is 0.651. The number of aromatic nitrogens is 4. The van der Waals surface area contributed by atoms with Gasteiger partial charge in [-0.2, -0.15) is 0 Å². The van der Waals surface area contributed by atoms with Crippen LogP contribution < -0.4 is 9.80 Å². The molecule has 3 aromatic rings. The topological polar surface area (TPSA) is 75.1 Å². The maximum atomic E-state index is 12.8. The standard InChI is InChI=1S/C24H26N6O/c1-17-20-8-9-21(31)30(16-18-6-3-2-4-7-18)23(20)28-22(27-17)19-10-14-29(15-11-19)24-25-12-5-13-26-24/h2-7,12-13,19H,8-11,14-16H2,1H3. The van der Waals surface area contributed by atoms with Gasteiger partial charge >= 0.3 is 0 Å². The van der Waals surface area contributed by atoms with Crippen molar-refractivity contribution >= 4 is 17.7 Å². The molecular formula is C24H26N6O. The van der Waals surface area contributed by atoms with E-state index in [0.29, 0.717) is 13.0 Å². The fourth-order valence-electron chi connectivity index (χ4n) is 4.51. The summed E-state index contributed by atoms with van der Waals surface area (Å²) in [4.78, 5) is 35.4. The van der Waals surface area contributed by atoms with E-state index in [1.54, 1.807) is 12.4 Å². The fourth-order valence-corrected chi connectivity index (χ4v) is 4.51. The third kappa shape index (κ3) is 4.00. The van der Waals surface area contributed by atoms with Crippen molar-refractivity contribution in [2.45, 2.75) is 45.1 Å². The number of aryl methyl sites for hydroxylation is 1. The molecule has 31 heavy (non-hydrogen) atoms. The van der Waals surface area contributed by atoms with Crippen molar-refractivity contribution in [3.05, 3.63) is 71.4 Å². The number of carbonyl (C=O) groups is 1. The van der Waals surface area contributed by atoms with Gasteiger partial charge in [-0.3, -0.25) is 9.69 Å². The van der Waals surface area contributed by atoms with Gasteiger partial charge in [0.05, 0.1) is 6.54 Å². The van der Waals surface area contributed by atoms with Crippen LogP contribution in [-0.2, 0) is 17.8 Å². The average molecular weight is 415 g/mol. The van der Waals surface area contributed by atoms with Crippen molar-refractivity contribution in [2.24, 2.45) is 0 Å². The van der Waals surface area contributed by atoms with Gasteiger partial charge in [-0.1, -0.05) is 30.3 Å². The summed E-state index contributed by atoms with van der Waals surface area (Å²) in [5.41, 5.74) is 3.21. The highest BCUT2D eigenvalue weighted by molar-refractivity contribution is 5.95. The Kier molecular flexibility index (Phi) is 5.32. The smallest absolute Gasteiger partial charge is 0.228 e. The van der Waals surface area contributed by atoms with E-state index in [9.17, 15) is 4.79 Å². The van der Waals surface area contributed by atoms with E-state index in [-0.39, 0.29) is 11.8 Å². The molecule has 7 heteroatoms. The van der Waals surface area contributed by atoms with Crippen molar-refractivity contribution in [2.75, 3.05) is 22.9 Å². The van der Waals surface area contributed by atoms with Crippen LogP contribution in [0.25, 0.3) is 0 Å². The first-order valence-corrected chi connectivity index (χ1v) is 10.9. The molecule has 2 aromatic heterocycles. The maximum Gasteiger partial charge on any atom is 0.228 e. The molecule has 4 heterocycles. The van der Waals surface area contributed by atoms with Gasteiger partial charge in [-0.05, 0) is 37.8 Å².